The zero-order valence-corrected chi connectivity index (χ0v) is 42.1. The van der Waals surface area contributed by atoms with Gasteiger partial charge in [-0.15, -0.1) is 0 Å². The van der Waals surface area contributed by atoms with Crippen molar-refractivity contribution in [2.45, 2.75) is 37.0 Å². The molecule has 11 aromatic rings. The first-order chi connectivity index (χ1) is 36.9. The highest BCUT2D eigenvalue weighted by molar-refractivity contribution is 7.00. The number of nitrogens with zero attached hydrogens (tertiary/aromatic N) is 2. The Hall–Kier alpha value is -8.92. The fraction of sp³-hybridized carbons (Fsp3) is 0.0833. The highest BCUT2D eigenvalue weighted by Crippen LogP contribution is 2.65. The lowest BCUT2D eigenvalue weighted by molar-refractivity contribution is 0.591. The summed E-state index contributed by atoms with van der Waals surface area (Å²) in [4.78, 5) is 5.16. The number of rotatable bonds is 2. The second kappa shape index (κ2) is 14.4. The van der Waals surface area contributed by atoms with Gasteiger partial charge in [-0.3, -0.25) is 0 Å². The van der Waals surface area contributed by atoms with Crippen LogP contribution in [0, 0.1) is 0 Å². The van der Waals surface area contributed by atoms with Crippen molar-refractivity contribution in [2.24, 2.45) is 0 Å². The number of benzene rings is 11. The zero-order chi connectivity index (χ0) is 49.5. The zero-order valence-electron chi connectivity index (χ0n) is 42.1. The standard InChI is InChI=1S/C72H49BN2/c1-70(2,3)44-35-40-66-64(41-44)73-63-31-16-17-32-65(63)74(45-36-38-61-53(42-45)51-23-8-14-29-59(51)71(61)55-25-10-4-19-47(55)48-20-5-11-26-56(48)71)67-33-18-34-68(69(67)73)75(66)46-37-39-62-54(43-46)52-24-9-15-30-60(52)72(62)57-27-12-6-21-49(57)50-22-7-13-28-58(50)72/h4-43H,1-3H3. The largest absolute Gasteiger partial charge is 0.311 e. The highest BCUT2D eigenvalue weighted by atomic mass is 15.2. The predicted molar refractivity (Wildman–Crippen MR) is 312 cm³/mol. The molecule has 0 N–H and O–H groups in total. The molecule has 0 radical (unpaired) electrons. The fourth-order valence-corrected chi connectivity index (χ4v) is 15.4. The van der Waals surface area contributed by atoms with Gasteiger partial charge < -0.3 is 9.80 Å². The molecule has 11 aromatic carbocycles. The first-order valence-electron chi connectivity index (χ1n) is 26.7. The summed E-state index contributed by atoms with van der Waals surface area (Å²) in [5.74, 6) is 0. The topological polar surface area (TPSA) is 6.48 Å². The SMILES string of the molecule is CC(C)(C)c1ccc2c(c1)B1c3ccccc3N(c3ccc4c(c3)-c3ccccc3C43c4ccccc4-c4ccccc43)c3cccc(c31)N2c1ccc2c(c1)-c1ccccc1C21c2ccccc2-c2ccccc21. The number of fused-ring (bicyclic) bond motifs is 24. The van der Waals surface area contributed by atoms with Crippen molar-refractivity contribution >= 4 is 57.2 Å². The van der Waals surface area contributed by atoms with Crippen LogP contribution in [0.4, 0.5) is 34.1 Å². The lowest BCUT2D eigenvalue weighted by Crippen LogP contribution is -2.61. The molecule has 0 unspecified atom stereocenters. The highest BCUT2D eigenvalue weighted by Gasteiger charge is 2.54. The molecule has 17 rings (SSSR count). The molecule has 0 saturated heterocycles. The molecule has 2 nitrogen and oxygen atoms in total. The molecule has 2 aliphatic heterocycles. The Morgan fingerprint density at radius 2 is 0.640 bits per heavy atom. The van der Waals surface area contributed by atoms with Crippen LogP contribution in [0.25, 0.3) is 44.5 Å². The Labute approximate surface area is 438 Å². The van der Waals surface area contributed by atoms with Crippen molar-refractivity contribution in [3.8, 4) is 44.5 Å². The monoisotopic (exact) mass is 952 g/mol. The maximum Gasteiger partial charge on any atom is 0.252 e. The summed E-state index contributed by atoms with van der Waals surface area (Å²) in [6.07, 6.45) is 0. The maximum atomic E-state index is 2.59. The van der Waals surface area contributed by atoms with E-state index in [9.17, 15) is 0 Å². The van der Waals surface area contributed by atoms with Crippen LogP contribution < -0.4 is 26.2 Å². The average molecular weight is 953 g/mol. The van der Waals surface area contributed by atoms with E-state index in [-0.39, 0.29) is 12.1 Å². The molecule has 0 bridgehead atoms. The van der Waals surface area contributed by atoms with Crippen LogP contribution in [-0.2, 0) is 16.2 Å². The number of hydrogen-bond donors (Lipinski definition) is 0. The van der Waals surface area contributed by atoms with E-state index in [2.05, 4.69) is 273 Å². The normalized spacial score (nSPS) is 15.3. The van der Waals surface area contributed by atoms with Crippen molar-refractivity contribution in [2.75, 3.05) is 9.80 Å². The lowest BCUT2D eigenvalue weighted by atomic mass is 9.33. The van der Waals surface area contributed by atoms with Gasteiger partial charge in [0.1, 0.15) is 0 Å². The first kappa shape index (κ1) is 41.5. The average Bonchev–Trinajstić information content (AvgIpc) is 4.17. The smallest absolute Gasteiger partial charge is 0.252 e. The molecule has 75 heavy (non-hydrogen) atoms. The van der Waals surface area contributed by atoms with Crippen LogP contribution in [0.1, 0.15) is 70.8 Å². The maximum absolute atomic E-state index is 2.59. The van der Waals surface area contributed by atoms with Gasteiger partial charge in [-0.25, -0.2) is 0 Å². The number of hydrogen-bond acceptors (Lipinski definition) is 2. The molecule has 0 saturated carbocycles. The van der Waals surface area contributed by atoms with E-state index in [1.54, 1.807) is 0 Å². The molecule has 0 aromatic heterocycles. The minimum Gasteiger partial charge on any atom is -0.311 e. The minimum absolute atomic E-state index is 0.0204. The van der Waals surface area contributed by atoms with Crippen LogP contribution >= 0.6 is 0 Å². The second-order valence-electron chi connectivity index (χ2n) is 22.6. The van der Waals surface area contributed by atoms with Crippen LogP contribution in [0.15, 0.2) is 243 Å². The van der Waals surface area contributed by atoms with E-state index < -0.39 is 10.8 Å². The van der Waals surface area contributed by atoms with Gasteiger partial charge in [0.05, 0.1) is 10.8 Å². The van der Waals surface area contributed by atoms with Gasteiger partial charge in [0.25, 0.3) is 6.71 Å². The second-order valence-corrected chi connectivity index (χ2v) is 22.6. The molecule has 2 spiro atoms. The summed E-state index contributed by atoms with van der Waals surface area (Å²) in [6.45, 7) is 7.05. The molecule has 4 aliphatic carbocycles. The Balaban J connectivity index is 0.891. The summed E-state index contributed by atoms with van der Waals surface area (Å²) in [5, 5.41) is 0. The Morgan fingerprint density at radius 1 is 0.293 bits per heavy atom. The van der Waals surface area contributed by atoms with E-state index >= 15 is 0 Å². The lowest BCUT2D eigenvalue weighted by Gasteiger charge is -2.44. The molecule has 0 fully saturated rings. The minimum atomic E-state index is -0.402. The van der Waals surface area contributed by atoms with Crippen molar-refractivity contribution in [3.05, 3.63) is 293 Å². The van der Waals surface area contributed by atoms with Crippen LogP contribution in [0.2, 0.25) is 0 Å². The summed E-state index contributed by atoms with van der Waals surface area (Å²) in [6, 6.07) is 93.1. The van der Waals surface area contributed by atoms with Gasteiger partial charge in [-0.2, -0.15) is 0 Å². The Morgan fingerprint density at radius 3 is 1.07 bits per heavy atom. The predicted octanol–water partition coefficient (Wildman–Crippen LogP) is 15.8. The van der Waals surface area contributed by atoms with Gasteiger partial charge in [0.2, 0.25) is 0 Å². The van der Waals surface area contributed by atoms with Crippen molar-refractivity contribution in [1.82, 2.24) is 0 Å². The molecule has 0 atom stereocenters. The first-order valence-corrected chi connectivity index (χ1v) is 26.7. The third kappa shape index (κ3) is 5.02. The van der Waals surface area contributed by atoms with Gasteiger partial charge in [-0.05, 0) is 165 Å². The molecule has 2 heterocycles. The molecule has 350 valence electrons. The summed E-state index contributed by atoms with van der Waals surface area (Å²) < 4.78 is 0. The van der Waals surface area contributed by atoms with E-state index in [1.165, 1.54) is 139 Å². The van der Waals surface area contributed by atoms with Crippen molar-refractivity contribution in [1.29, 1.82) is 0 Å². The van der Waals surface area contributed by atoms with Crippen LogP contribution in [0.3, 0.4) is 0 Å². The summed E-state index contributed by atoms with van der Waals surface area (Å²) >= 11 is 0. The molecule has 3 heteroatoms. The summed E-state index contributed by atoms with van der Waals surface area (Å²) in [5.41, 5.74) is 33.1. The van der Waals surface area contributed by atoms with E-state index in [0.29, 0.717) is 0 Å². The molecule has 0 amide bonds. The molecule has 6 aliphatic rings. The Bertz CT molecular complexity index is 4240. The number of para-hydroxylation sites is 1. The Kier molecular flexibility index (Phi) is 8.00. The van der Waals surface area contributed by atoms with Crippen LogP contribution in [0.5, 0.6) is 0 Å². The third-order valence-corrected chi connectivity index (χ3v) is 18.2. The van der Waals surface area contributed by atoms with E-state index in [0.717, 1.165) is 5.69 Å². The fourth-order valence-electron chi connectivity index (χ4n) is 15.4. The molecular weight excluding hydrogens is 904 g/mol. The third-order valence-electron chi connectivity index (χ3n) is 18.2. The summed E-state index contributed by atoms with van der Waals surface area (Å²) in [7, 11) is 0. The van der Waals surface area contributed by atoms with Crippen molar-refractivity contribution in [3.63, 3.8) is 0 Å². The van der Waals surface area contributed by atoms with Crippen molar-refractivity contribution < 1.29 is 0 Å². The van der Waals surface area contributed by atoms with Gasteiger partial charge in [-0.1, -0.05) is 215 Å². The quantitative estimate of drug-likeness (QED) is 0.159. The van der Waals surface area contributed by atoms with E-state index in [1.807, 2.05) is 0 Å². The van der Waals surface area contributed by atoms with Gasteiger partial charge >= 0.3 is 0 Å². The van der Waals surface area contributed by atoms with Crippen LogP contribution in [-0.4, -0.2) is 6.71 Å². The van der Waals surface area contributed by atoms with E-state index in [4.69, 9.17) is 0 Å². The van der Waals surface area contributed by atoms with Gasteiger partial charge in [0, 0.05) is 34.1 Å². The molecular formula is C72H49BN2. The van der Waals surface area contributed by atoms with Gasteiger partial charge in [0.15, 0.2) is 0 Å². The number of anilines is 6.